The summed E-state index contributed by atoms with van der Waals surface area (Å²) in [5.74, 6) is 1.32. The van der Waals surface area contributed by atoms with Crippen molar-refractivity contribution in [3.63, 3.8) is 0 Å². The van der Waals surface area contributed by atoms with E-state index in [9.17, 15) is 4.79 Å². The van der Waals surface area contributed by atoms with Crippen LogP contribution < -0.4 is 10.1 Å². The van der Waals surface area contributed by atoms with Gasteiger partial charge in [0.15, 0.2) is 0 Å². The lowest BCUT2D eigenvalue weighted by Gasteiger charge is -2.20. The van der Waals surface area contributed by atoms with Crippen molar-refractivity contribution in [1.82, 2.24) is 14.9 Å². The average molecular weight is 397 g/mol. The molecule has 0 aliphatic carbocycles. The van der Waals surface area contributed by atoms with Crippen LogP contribution in [0.3, 0.4) is 0 Å². The lowest BCUT2D eigenvalue weighted by molar-refractivity contribution is 0.0941. The van der Waals surface area contributed by atoms with Crippen LogP contribution >= 0.6 is 0 Å². The number of nitrogens with one attached hydrogen (secondary N) is 1. The monoisotopic (exact) mass is 397 g/mol. The van der Waals surface area contributed by atoms with E-state index < -0.39 is 6.04 Å². The second-order valence-corrected chi connectivity index (χ2v) is 7.02. The Morgan fingerprint density at radius 1 is 0.967 bits per heavy atom. The number of nitrogens with zero attached hydrogens (tertiary/aromatic N) is 2. The summed E-state index contributed by atoms with van der Waals surface area (Å²) >= 11 is 0. The van der Waals surface area contributed by atoms with Gasteiger partial charge >= 0.3 is 0 Å². The maximum absolute atomic E-state index is 13.1. The second-order valence-electron chi connectivity index (χ2n) is 7.02. The fourth-order valence-corrected chi connectivity index (χ4v) is 3.43. The van der Waals surface area contributed by atoms with Crippen LogP contribution in [0, 0.1) is 0 Å². The highest BCUT2D eigenvalue weighted by Gasteiger charge is 2.22. The maximum Gasteiger partial charge on any atom is 0.252 e. The Morgan fingerprint density at radius 3 is 2.37 bits per heavy atom. The quantitative estimate of drug-likeness (QED) is 0.517. The van der Waals surface area contributed by atoms with Gasteiger partial charge in [0.25, 0.3) is 5.91 Å². The molecule has 30 heavy (non-hydrogen) atoms. The van der Waals surface area contributed by atoms with Gasteiger partial charge in [-0.05, 0) is 41.0 Å². The number of hydrogen-bond acceptors (Lipinski definition) is 3. The summed E-state index contributed by atoms with van der Waals surface area (Å²) in [5.41, 5.74) is 3.68. The summed E-state index contributed by atoms with van der Waals surface area (Å²) < 4.78 is 7.26. The van der Waals surface area contributed by atoms with Crippen LogP contribution in [-0.2, 0) is 7.05 Å². The van der Waals surface area contributed by atoms with E-state index in [1.54, 1.807) is 13.3 Å². The minimum atomic E-state index is -0.401. The summed E-state index contributed by atoms with van der Waals surface area (Å²) in [6, 6.07) is 25.0. The van der Waals surface area contributed by atoms with E-state index in [-0.39, 0.29) is 5.91 Å². The Kier molecular flexibility index (Phi) is 5.61. The lowest BCUT2D eigenvalue weighted by atomic mass is 10.0. The summed E-state index contributed by atoms with van der Waals surface area (Å²) in [6.45, 7) is 0. The van der Waals surface area contributed by atoms with Gasteiger partial charge in [-0.25, -0.2) is 4.98 Å². The predicted octanol–water partition coefficient (Wildman–Crippen LogP) is 4.62. The molecule has 1 N–H and O–H groups in total. The second kappa shape index (κ2) is 8.66. The third-order valence-electron chi connectivity index (χ3n) is 5.07. The Balaban J connectivity index is 1.61. The van der Waals surface area contributed by atoms with E-state index in [2.05, 4.69) is 22.4 Å². The molecule has 1 amide bonds. The summed E-state index contributed by atoms with van der Waals surface area (Å²) in [7, 11) is 3.54. The zero-order chi connectivity index (χ0) is 20.9. The van der Waals surface area contributed by atoms with Crippen molar-refractivity contribution in [2.75, 3.05) is 7.11 Å². The minimum Gasteiger partial charge on any atom is -0.497 e. The zero-order valence-electron chi connectivity index (χ0n) is 16.9. The number of rotatable bonds is 6. The first kappa shape index (κ1) is 19.5. The molecule has 0 saturated heterocycles. The molecule has 0 radical (unpaired) electrons. The van der Waals surface area contributed by atoms with Crippen molar-refractivity contribution in [2.24, 2.45) is 7.05 Å². The normalized spacial score (nSPS) is 11.7. The smallest absolute Gasteiger partial charge is 0.252 e. The Hall–Kier alpha value is -3.86. The molecule has 0 aliphatic rings. The number of carbonyl (C=O) groups excluding carboxylic acids is 1. The first-order valence-electron chi connectivity index (χ1n) is 9.73. The van der Waals surface area contributed by atoms with Crippen LogP contribution in [-0.4, -0.2) is 22.6 Å². The highest BCUT2D eigenvalue weighted by Crippen LogP contribution is 2.25. The van der Waals surface area contributed by atoms with Crippen LogP contribution in [0.2, 0.25) is 0 Å². The molecule has 150 valence electrons. The maximum atomic E-state index is 13.1. The number of ether oxygens (including phenoxy) is 1. The Labute approximate surface area is 176 Å². The summed E-state index contributed by atoms with van der Waals surface area (Å²) in [6.07, 6.45) is 3.59. The fraction of sp³-hybridized carbons (Fsp3) is 0.120. The third-order valence-corrected chi connectivity index (χ3v) is 5.07. The van der Waals surface area contributed by atoms with E-state index in [4.69, 9.17) is 4.74 Å². The predicted molar refractivity (Wildman–Crippen MR) is 117 cm³/mol. The van der Waals surface area contributed by atoms with Crippen molar-refractivity contribution in [3.8, 4) is 16.9 Å². The van der Waals surface area contributed by atoms with Gasteiger partial charge in [0.2, 0.25) is 0 Å². The number of aromatic nitrogens is 2. The van der Waals surface area contributed by atoms with Crippen molar-refractivity contribution in [3.05, 3.63) is 108 Å². The fourth-order valence-electron chi connectivity index (χ4n) is 3.43. The van der Waals surface area contributed by atoms with E-state index in [0.29, 0.717) is 5.56 Å². The molecule has 1 aromatic heterocycles. The molecule has 1 heterocycles. The molecule has 4 aromatic rings. The van der Waals surface area contributed by atoms with Gasteiger partial charge in [0, 0.05) is 25.0 Å². The first-order valence-corrected chi connectivity index (χ1v) is 9.73. The number of hydrogen-bond donors (Lipinski definition) is 1. The van der Waals surface area contributed by atoms with Gasteiger partial charge in [0.05, 0.1) is 7.11 Å². The number of aryl methyl sites for hydroxylation is 1. The summed E-state index contributed by atoms with van der Waals surface area (Å²) in [4.78, 5) is 17.5. The zero-order valence-corrected chi connectivity index (χ0v) is 16.9. The molecular weight excluding hydrogens is 374 g/mol. The lowest BCUT2D eigenvalue weighted by Crippen LogP contribution is -2.31. The standard InChI is InChI=1S/C25H23N3O2/c1-28-16-15-26-24(28)23(21-9-6-10-22(17-21)30-2)27-25(29)20-13-11-19(12-14-20)18-7-4-3-5-8-18/h3-17,23H,1-2H3,(H,27,29). The number of amides is 1. The molecular formula is C25H23N3O2. The van der Waals surface area contributed by atoms with Gasteiger partial charge in [-0.1, -0.05) is 54.6 Å². The largest absolute Gasteiger partial charge is 0.497 e. The first-order chi connectivity index (χ1) is 14.7. The number of imidazole rings is 1. The number of carbonyl (C=O) groups is 1. The van der Waals surface area contributed by atoms with Gasteiger partial charge in [-0.3, -0.25) is 4.79 Å². The van der Waals surface area contributed by atoms with Crippen molar-refractivity contribution in [2.45, 2.75) is 6.04 Å². The van der Waals surface area contributed by atoms with Crippen LogP contribution in [0.15, 0.2) is 91.3 Å². The molecule has 5 nitrogen and oxygen atoms in total. The van der Waals surface area contributed by atoms with Crippen molar-refractivity contribution >= 4 is 5.91 Å². The highest BCUT2D eigenvalue weighted by atomic mass is 16.5. The molecule has 3 aromatic carbocycles. The Bertz CT molecular complexity index is 1130. The highest BCUT2D eigenvalue weighted by molar-refractivity contribution is 5.95. The average Bonchev–Trinajstić information content (AvgIpc) is 3.23. The van der Waals surface area contributed by atoms with Crippen LogP contribution in [0.4, 0.5) is 0 Å². The molecule has 1 unspecified atom stereocenters. The molecule has 5 heteroatoms. The molecule has 0 aliphatic heterocycles. The SMILES string of the molecule is COc1cccc(C(NC(=O)c2ccc(-c3ccccc3)cc2)c2nccn2C)c1. The van der Waals surface area contributed by atoms with Gasteiger partial charge in [-0.15, -0.1) is 0 Å². The number of methoxy groups -OCH3 is 1. The molecule has 0 fully saturated rings. The van der Waals surface area contributed by atoms with E-state index >= 15 is 0 Å². The van der Waals surface area contributed by atoms with Crippen molar-refractivity contribution in [1.29, 1.82) is 0 Å². The third kappa shape index (κ3) is 4.10. The summed E-state index contributed by atoms with van der Waals surface area (Å²) in [5, 5.41) is 3.13. The van der Waals surface area contributed by atoms with E-state index in [1.165, 1.54) is 0 Å². The van der Waals surface area contributed by atoms with Gasteiger partial charge < -0.3 is 14.6 Å². The van der Waals surface area contributed by atoms with Gasteiger partial charge in [0.1, 0.15) is 17.6 Å². The molecule has 0 spiro atoms. The molecule has 0 bridgehead atoms. The van der Waals surface area contributed by atoms with Crippen LogP contribution in [0.5, 0.6) is 5.75 Å². The topological polar surface area (TPSA) is 56.1 Å². The molecule has 4 rings (SSSR count). The minimum absolute atomic E-state index is 0.162. The van der Waals surface area contributed by atoms with Crippen molar-refractivity contribution < 1.29 is 9.53 Å². The number of benzene rings is 3. The van der Waals surface area contributed by atoms with Gasteiger partial charge in [-0.2, -0.15) is 0 Å². The van der Waals surface area contributed by atoms with Crippen LogP contribution in [0.1, 0.15) is 27.8 Å². The molecule has 1 atom stereocenters. The Morgan fingerprint density at radius 2 is 1.70 bits per heavy atom. The van der Waals surface area contributed by atoms with E-state index in [0.717, 1.165) is 28.3 Å². The van der Waals surface area contributed by atoms with E-state index in [1.807, 2.05) is 84.5 Å². The van der Waals surface area contributed by atoms with Crippen LogP contribution in [0.25, 0.3) is 11.1 Å². The molecule has 0 saturated carbocycles.